The number of furan rings is 1. The summed E-state index contributed by atoms with van der Waals surface area (Å²) >= 11 is 0. The minimum absolute atomic E-state index is 0. The molecule has 2 aromatic rings. The molecule has 0 atom stereocenters. The van der Waals surface area contributed by atoms with E-state index in [4.69, 9.17) is 18.6 Å². The molecule has 0 amide bonds. The molecule has 26 heavy (non-hydrogen) atoms. The molecular weight excluding hydrogens is 449 g/mol. The van der Waals surface area contributed by atoms with Gasteiger partial charge in [0, 0.05) is 25.6 Å². The molecule has 0 bridgehead atoms. The molecule has 8 heteroatoms. The van der Waals surface area contributed by atoms with Crippen LogP contribution in [0.25, 0.3) is 0 Å². The van der Waals surface area contributed by atoms with Gasteiger partial charge in [0.05, 0.1) is 12.8 Å². The Labute approximate surface area is 170 Å². The minimum Gasteiger partial charge on any atom is -0.492 e. The van der Waals surface area contributed by atoms with Crippen molar-refractivity contribution < 1.29 is 18.6 Å². The van der Waals surface area contributed by atoms with Gasteiger partial charge in [-0.15, -0.1) is 24.0 Å². The topological polar surface area (TPSA) is 77.3 Å². The lowest BCUT2D eigenvalue weighted by Crippen LogP contribution is -2.39. The van der Waals surface area contributed by atoms with Crippen LogP contribution in [-0.4, -0.2) is 39.0 Å². The number of hydrogen-bond acceptors (Lipinski definition) is 5. The van der Waals surface area contributed by atoms with Gasteiger partial charge in [-0.25, -0.2) is 0 Å². The summed E-state index contributed by atoms with van der Waals surface area (Å²) in [4.78, 5) is 4.52. The summed E-state index contributed by atoms with van der Waals surface area (Å²) in [6, 6.07) is 9.40. The molecule has 1 aromatic heterocycles. The summed E-state index contributed by atoms with van der Waals surface area (Å²) in [5.74, 6) is 3.93. The zero-order valence-electron chi connectivity index (χ0n) is 14.7. The van der Waals surface area contributed by atoms with Crippen molar-refractivity contribution in [2.24, 2.45) is 4.99 Å². The first-order valence-corrected chi connectivity index (χ1v) is 8.42. The van der Waals surface area contributed by atoms with Crippen molar-refractivity contribution in [3.63, 3.8) is 0 Å². The number of fused-ring (bicyclic) bond motifs is 1. The first kappa shape index (κ1) is 20.2. The standard InChI is InChI=1S/C18H23N3O4.HI/c1-2-19-18(20-8-7-14-4-3-10-22-14)21-9-11-23-15-5-6-16-17(12-15)25-13-24-16;/h3-6,10,12H,2,7-9,11,13H2,1H3,(H2,19,20,21);1H. The first-order valence-electron chi connectivity index (χ1n) is 8.42. The second-order valence-corrected chi connectivity index (χ2v) is 5.38. The van der Waals surface area contributed by atoms with Crippen LogP contribution in [-0.2, 0) is 6.42 Å². The smallest absolute Gasteiger partial charge is 0.231 e. The van der Waals surface area contributed by atoms with Gasteiger partial charge in [0.1, 0.15) is 18.1 Å². The maximum absolute atomic E-state index is 5.73. The first-order chi connectivity index (χ1) is 12.3. The summed E-state index contributed by atoms with van der Waals surface area (Å²) in [7, 11) is 0. The number of guanidine groups is 1. The van der Waals surface area contributed by atoms with E-state index in [0.29, 0.717) is 19.7 Å². The van der Waals surface area contributed by atoms with Crippen molar-refractivity contribution in [3.8, 4) is 17.2 Å². The Kier molecular flexibility index (Phi) is 8.39. The van der Waals surface area contributed by atoms with Crippen LogP contribution in [0, 0.1) is 0 Å². The quantitative estimate of drug-likeness (QED) is 0.266. The molecule has 7 nitrogen and oxygen atoms in total. The van der Waals surface area contributed by atoms with E-state index in [1.165, 1.54) is 0 Å². The highest BCUT2D eigenvalue weighted by atomic mass is 127. The summed E-state index contributed by atoms with van der Waals surface area (Å²) in [5.41, 5.74) is 0. The zero-order valence-corrected chi connectivity index (χ0v) is 17.0. The number of ether oxygens (including phenoxy) is 3. The van der Waals surface area contributed by atoms with E-state index in [1.807, 2.05) is 37.3 Å². The maximum atomic E-state index is 5.73. The van der Waals surface area contributed by atoms with Crippen molar-refractivity contribution >= 4 is 29.9 Å². The highest BCUT2D eigenvalue weighted by Crippen LogP contribution is 2.34. The molecule has 0 radical (unpaired) electrons. The Bertz CT molecular complexity index is 692. The highest BCUT2D eigenvalue weighted by molar-refractivity contribution is 14.0. The van der Waals surface area contributed by atoms with Crippen LogP contribution in [0.5, 0.6) is 17.2 Å². The number of halogens is 1. The normalized spacial score (nSPS) is 12.4. The third-order valence-electron chi connectivity index (χ3n) is 3.56. The van der Waals surface area contributed by atoms with Crippen molar-refractivity contribution in [2.75, 3.05) is 33.0 Å². The van der Waals surface area contributed by atoms with Gasteiger partial charge in [0.2, 0.25) is 6.79 Å². The van der Waals surface area contributed by atoms with Crippen LogP contribution in [0.15, 0.2) is 46.0 Å². The number of rotatable bonds is 8. The SMILES string of the molecule is CCNC(=NCCc1ccco1)NCCOc1ccc2c(c1)OCO2.I. The summed E-state index contributed by atoms with van der Waals surface area (Å²) < 4.78 is 21.6. The number of benzene rings is 1. The Morgan fingerprint density at radius 2 is 2.08 bits per heavy atom. The molecule has 0 saturated carbocycles. The lowest BCUT2D eigenvalue weighted by Gasteiger charge is -2.12. The van der Waals surface area contributed by atoms with Crippen LogP contribution >= 0.6 is 24.0 Å². The fourth-order valence-electron chi connectivity index (χ4n) is 2.38. The second-order valence-electron chi connectivity index (χ2n) is 5.38. The average Bonchev–Trinajstić information content (AvgIpc) is 3.29. The zero-order chi connectivity index (χ0) is 17.3. The monoisotopic (exact) mass is 473 g/mol. The van der Waals surface area contributed by atoms with E-state index >= 15 is 0 Å². The van der Waals surface area contributed by atoms with E-state index in [2.05, 4.69) is 15.6 Å². The molecule has 1 aliphatic rings. The van der Waals surface area contributed by atoms with Gasteiger partial charge in [-0.1, -0.05) is 0 Å². The minimum atomic E-state index is 0. The van der Waals surface area contributed by atoms with Gasteiger partial charge < -0.3 is 29.3 Å². The second kappa shape index (κ2) is 10.8. The number of nitrogens with zero attached hydrogens (tertiary/aromatic N) is 1. The molecule has 0 unspecified atom stereocenters. The molecule has 3 rings (SSSR count). The Morgan fingerprint density at radius 3 is 2.88 bits per heavy atom. The lowest BCUT2D eigenvalue weighted by atomic mass is 10.3. The molecule has 2 N–H and O–H groups in total. The molecule has 0 spiro atoms. The van der Waals surface area contributed by atoms with E-state index in [-0.39, 0.29) is 30.8 Å². The van der Waals surface area contributed by atoms with Gasteiger partial charge in [-0.2, -0.15) is 0 Å². The molecule has 1 aliphatic heterocycles. The van der Waals surface area contributed by atoms with Gasteiger partial charge in [0.25, 0.3) is 0 Å². The summed E-state index contributed by atoms with van der Waals surface area (Å²) in [6.07, 6.45) is 2.45. The van der Waals surface area contributed by atoms with E-state index < -0.39 is 0 Å². The van der Waals surface area contributed by atoms with Crippen molar-refractivity contribution in [1.82, 2.24) is 10.6 Å². The third-order valence-corrected chi connectivity index (χ3v) is 3.56. The number of nitrogens with one attached hydrogen (secondary N) is 2. The Hall–Kier alpha value is -2.10. The van der Waals surface area contributed by atoms with Crippen LogP contribution < -0.4 is 24.8 Å². The molecular formula is C18H24IN3O4. The van der Waals surface area contributed by atoms with Gasteiger partial charge in [0.15, 0.2) is 17.5 Å². The lowest BCUT2D eigenvalue weighted by molar-refractivity contribution is 0.173. The highest BCUT2D eigenvalue weighted by Gasteiger charge is 2.13. The number of aliphatic imine (C=N–C) groups is 1. The van der Waals surface area contributed by atoms with Crippen molar-refractivity contribution in [2.45, 2.75) is 13.3 Å². The molecule has 0 fully saturated rings. The summed E-state index contributed by atoms with van der Waals surface area (Å²) in [5, 5.41) is 6.46. The van der Waals surface area contributed by atoms with Crippen LogP contribution in [0.1, 0.15) is 12.7 Å². The van der Waals surface area contributed by atoms with E-state index in [9.17, 15) is 0 Å². The van der Waals surface area contributed by atoms with Crippen LogP contribution in [0.3, 0.4) is 0 Å². The summed E-state index contributed by atoms with van der Waals surface area (Å²) in [6.45, 7) is 4.92. The van der Waals surface area contributed by atoms with E-state index in [1.54, 1.807) is 6.26 Å². The molecule has 0 saturated heterocycles. The number of hydrogen-bond donors (Lipinski definition) is 2. The predicted octanol–water partition coefficient (Wildman–Crippen LogP) is 2.80. The van der Waals surface area contributed by atoms with Crippen molar-refractivity contribution in [1.29, 1.82) is 0 Å². The van der Waals surface area contributed by atoms with Crippen LogP contribution in [0.4, 0.5) is 0 Å². The molecule has 2 heterocycles. The average molecular weight is 473 g/mol. The largest absolute Gasteiger partial charge is 0.492 e. The maximum Gasteiger partial charge on any atom is 0.231 e. The van der Waals surface area contributed by atoms with Gasteiger partial charge >= 0.3 is 0 Å². The fourth-order valence-corrected chi connectivity index (χ4v) is 2.38. The Balaban J connectivity index is 0.00000243. The van der Waals surface area contributed by atoms with Gasteiger partial charge in [-0.3, -0.25) is 4.99 Å². The third kappa shape index (κ3) is 6.01. The predicted molar refractivity (Wildman–Crippen MR) is 110 cm³/mol. The van der Waals surface area contributed by atoms with Crippen LogP contribution in [0.2, 0.25) is 0 Å². The Morgan fingerprint density at radius 1 is 1.19 bits per heavy atom. The van der Waals surface area contributed by atoms with Gasteiger partial charge in [-0.05, 0) is 31.2 Å². The molecule has 0 aliphatic carbocycles. The molecule has 1 aromatic carbocycles. The van der Waals surface area contributed by atoms with Crippen molar-refractivity contribution in [3.05, 3.63) is 42.4 Å². The fraction of sp³-hybridized carbons (Fsp3) is 0.389. The van der Waals surface area contributed by atoms with E-state index in [0.717, 1.165) is 41.9 Å². The molecule has 142 valence electrons.